The second-order valence-electron chi connectivity index (χ2n) is 7.89. The number of aromatic nitrogens is 1. The first-order chi connectivity index (χ1) is 15.2. The number of fused-ring (bicyclic) bond motifs is 1. The smallest absolute Gasteiger partial charge is 0.244 e. The predicted molar refractivity (Wildman–Crippen MR) is 132 cm³/mol. The maximum Gasteiger partial charge on any atom is 0.244 e. The molecule has 0 fully saturated rings. The third-order valence-corrected chi connectivity index (χ3v) is 7.54. The van der Waals surface area contributed by atoms with E-state index in [0.717, 1.165) is 26.9 Å². The molecule has 7 heteroatoms. The van der Waals surface area contributed by atoms with Crippen LogP contribution in [0.25, 0.3) is 10.9 Å². The minimum absolute atomic E-state index is 0.00999. The van der Waals surface area contributed by atoms with Gasteiger partial charge in [-0.2, -0.15) is 0 Å². The second-order valence-corrected chi connectivity index (χ2v) is 10.8. The molecule has 0 aliphatic carbocycles. The molecule has 0 unspecified atom stereocenters. The summed E-state index contributed by atoms with van der Waals surface area (Å²) in [6.07, 6.45) is 1.57. The third kappa shape index (κ3) is 4.79. The van der Waals surface area contributed by atoms with E-state index in [4.69, 9.17) is 0 Å². The summed E-state index contributed by atoms with van der Waals surface area (Å²) in [7, 11) is -3.60. The molecule has 0 spiro atoms. The Labute approximate surface area is 196 Å². The lowest BCUT2D eigenvalue weighted by Crippen LogP contribution is -2.18. The van der Waals surface area contributed by atoms with Crippen molar-refractivity contribution in [2.24, 2.45) is 0 Å². The minimum atomic E-state index is -3.60. The highest BCUT2D eigenvalue weighted by Crippen LogP contribution is 2.28. The van der Waals surface area contributed by atoms with Gasteiger partial charge in [-0.1, -0.05) is 64.0 Å². The molecule has 0 radical (unpaired) electrons. The van der Waals surface area contributed by atoms with Crippen LogP contribution < -0.4 is 5.32 Å². The van der Waals surface area contributed by atoms with Crippen LogP contribution in [-0.4, -0.2) is 18.9 Å². The number of nitrogens with zero attached hydrogens (tertiary/aromatic N) is 1. The van der Waals surface area contributed by atoms with Crippen LogP contribution in [0, 0.1) is 13.8 Å². The molecule has 32 heavy (non-hydrogen) atoms. The monoisotopic (exact) mass is 510 g/mol. The zero-order chi connectivity index (χ0) is 22.9. The highest BCUT2D eigenvalue weighted by Gasteiger charge is 2.22. The number of para-hydroxylation sites is 1. The first-order valence-electron chi connectivity index (χ1n) is 10.1. The van der Waals surface area contributed by atoms with Gasteiger partial charge >= 0.3 is 0 Å². The van der Waals surface area contributed by atoms with E-state index >= 15 is 0 Å². The summed E-state index contributed by atoms with van der Waals surface area (Å²) in [4.78, 5) is 13.0. The lowest BCUT2D eigenvalue weighted by molar-refractivity contribution is -0.116. The Hall–Kier alpha value is -2.90. The molecule has 1 N–H and O–H groups in total. The van der Waals surface area contributed by atoms with Crippen molar-refractivity contribution >= 4 is 48.3 Å². The zero-order valence-corrected chi connectivity index (χ0v) is 20.2. The Kier molecular flexibility index (Phi) is 6.22. The average Bonchev–Trinajstić information content (AvgIpc) is 3.11. The van der Waals surface area contributed by atoms with Crippen molar-refractivity contribution in [3.8, 4) is 0 Å². The number of aryl methyl sites for hydroxylation is 2. The molecule has 0 aliphatic rings. The fourth-order valence-corrected chi connectivity index (χ4v) is 5.74. The standard InChI is InChI=1S/C25H23BrN2O3S/c1-17-7-9-19(10-8-17)16-32(30,31)24-14-28(23-6-4-3-5-21(23)24)15-25(29)27-22-12-11-20(26)13-18(22)2/h3-14H,15-16H2,1-2H3,(H,27,29). The van der Waals surface area contributed by atoms with Crippen LogP contribution in [0.3, 0.4) is 0 Å². The van der Waals surface area contributed by atoms with E-state index in [9.17, 15) is 13.2 Å². The highest BCUT2D eigenvalue weighted by atomic mass is 79.9. The fraction of sp³-hybridized carbons (Fsp3) is 0.160. The summed E-state index contributed by atoms with van der Waals surface area (Å²) in [5.41, 5.74) is 4.18. The third-order valence-electron chi connectivity index (χ3n) is 5.34. The Morgan fingerprint density at radius 1 is 1.00 bits per heavy atom. The molecule has 1 aromatic heterocycles. The molecular formula is C25H23BrN2O3S. The predicted octanol–water partition coefficient (Wildman–Crippen LogP) is 5.63. The number of benzene rings is 3. The van der Waals surface area contributed by atoms with E-state index in [1.807, 2.05) is 74.5 Å². The largest absolute Gasteiger partial charge is 0.337 e. The summed E-state index contributed by atoms with van der Waals surface area (Å²) in [5.74, 6) is -0.315. The molecule has 3 aromatic carbocycles. The highest BCUT2D eigenvalue weighted by molar-refractivity contribution is 9.10. The van der Waals surface area contributed by atoms with Crippen molar-refractivity contribution < 1.29 is 13.2 Å². The number of nitrogens with one attached hydrogen (secondary N) is 1. The van der Waals surface area contributed by atoms with Crippen LogP contribution in [0.1, 0.15) is 16.7 Å². The number of carbonyl (C=O) groups excluding carboxylic acids is 1. The van der Waals surface area contributed by atoms with Gasteiger partial charge in [0.2, 0.25) is 5.91 Å². The number of carbonyl (C=O) groups is 1. The van der Waals surface area contributed by atoms with Crippen LogP contribution in [0.2, 0.25) is 0 Å². The van der Waals surface area contributed by atoms with Gasteiger partial charge < -0.3 is 9.88 Å². The molecule has 5 nitrogen and oxygen atoms in total. The molecule has 0 saturated carbocycles. The lowest BCUT2D eigenvalue weighted by atomic mass is 10.2. The molecule has 1 amide bonds. The van der Waals surface area contributed by atoms with Crippen molar-refractivity contribution in [2.75, 3.05) is 5.32 Å². The molecule has 4 rings (SSSR count). The van der Waals surface area contributed by atoms with Crippen LogP contribution in [0.15, 0.2) is 82.3 Å². The van der Waals surface area contributed by atoms with Gasteiger partial charge in [0.15, 0.2) is 9.84 Å². The minimum Gasteiger partial charge on any atom is -0.337 e. The maximum absolute atomic E-state index is 13.2. The summed E-state index contributed by atoms with van der Waals surface area (Å²) >= 11 is 3.42. The molecule has 0 aliphatic heterocycles. The average molecular weight is 511 g/mol. The summed E-state index contributed by atoms with van der Waals surface area (Å²) in [5, 5.41) is 3.53. The van der Waals surface area contributed by atoms with Gasteiger partial charge in [-0.15, -0.1) is 0 Å². The molecule has 4 aromatic rings. The second kappa shape index (κ2) is 8.92. The molecular weight excluding hydrogens is 488 g/mol. The maximum atomic E-state index is 13.2. The first-order valence-corrected chi connectivity index (χ1v) is 12.6. The van der Waals surface area contributed by atoms with Gasteiger partial charge in [0, 0.05) is 27.3 Å². The Morgan fingerprint density at radius 3 is 2.44 bits per heavy atom. The van der Waals surface area contributed by atoms with E-state index < -0.39 is 9.84 Å². The Bertz CT molecular complexity index is 1410. The fourth-order valence-electron chi connectivity index (χ4n) is 3.68. The summed E-state index contributed by atoms with van der Waals surface area (Å²) < 4.78 is 29.1. The van der Waals surface area contributed by atoms with E-state index in [-0.39, 0.29) is 23.1 Å². The number of sulfone groups is 1. The van der Waals surface area contributed by atoms with E-state index in [1.54, 1.807) is 16.8 Å². The van der Waals surface area contributed by atoms with E-state index in [2.05, 4.69) is 21.2 Å². The Morgan fingerprint density at radius 2 is 1.72 bits per heavy atom. The SMILES string of the molecule is Cc1ccc(CS(=O)(=O)c2cn(CC(=O)Nc3ccc(Br)cc3C)c3ccccc23)cc1. The summed E-state index contributed by atoms with van der Waals surface area (Å²) in [6.45, 7) is 3.89. The van der Waals surface area contributed by atoms with Crippen LogP contribution in [-0.2, 0) is 26.9 Å². The molecule has 0 saturated heterocycles. The molecule has 164 valence electrons. The van der Waals surface area contributed by atoms with E-state index in [1.165, 1.54) is 0 Å². The van der Waals surface area contributed by atoms with Crippen molar-refractivity contribution in [3.05, 3.63) is 94.1 Å². The van der Waals surface area contributed by atoms with E-state index in [0.29, 0.717) is 10.9 Å². The number of rotatable bonds is 6. The number of hydrogen-bond donors (Lipinski definition) is 1. The van der Waals surface area contributed by atoms with Crippen LogP contribution >= 0.6 is 15.9 Å². The Balaban J connectivity index is 1.63. The van der Waals surface area contributed by atoms with Gasteiger partial charge in [0.25, 0.3) is 0 Å². The van der Waals surface area contributed by atoms with Gasteiger partial charge in [0.1, 0.15) is 6.54 Å². The van der Waals surface area contributed by atoms with Gasteiger partial charge in [-0.25, -0.2) is 8.42 Å². The quantitative estimate of drug-likeness (QED) is 0.365. The van der Waals surface area contributed by atoms with Crippen molar-refractivity contribution in [1.82, 2.24) is 4.57 Å². The van der Waals surface area contributed by atoms with Crippen molar-refractivity contribution in [1.29, 1.82) is 0 Å². The normalized spacial score (nSPS) is 11.6. The molecule has 1 heterocycles. The van der Waals surface area contributed by atoms with Gasteiger partial charge in [0.05, 0.1) is 10.6 Å². The van der Waals surface area contributed by atoms with Crippen molar-refractivity contribution in [3.63, 3.8) is 0 Å². The van der Waals surface area contributed by atoms with Crippen LogP contribution in [0.5, 0.6) is 0 Å². The number of hydrogen-bond acceptors (Lipinski definition) is 3. The first kappa shape index (κ1) is 22.3. The zero-order valence-electron chi connectivity index (χ0n) is 17.8. The number of anilines is 1. The molecule has 0 atom stereocenters. The number of halogens is 1. The molecule has 0 bridgehead atoms. The number of amides is 1. The van der Waals surface area contributed by atoms with Gasteiger partial charge in [-0.3, -0.25) is 4.79 Å². The lowest BCUT2D eigenvalue weighted by Gasteiger charge is -2.10. The van der Waals surface area contributed by atoms with Crippen LogP contribution in [0.4, 0.5) is 5.69 Å². The summed E-state index contributed by atoms with van der Waals surface area (Å²) in [6, 6.07) is 20.4. The van der Waals surface area contributed by atoms with Gasteiger partial charge in [-0.05, 0) is 49.2 Å². The van der Waals surface area contributed by atoms with Crippen molar-refractivity contribution in [2.45, 2.75) is 31.0 Å². The topological polar surface area (TPSA) is 68.2 Å².